The lowest BCUT2D eigenvalue weighted by atomic mass is 9.98. The first kappa shape index (κ1) is 17.1. The molecule has 0 spiro atoms. The van der Waals surface area contributed by atoms with Crippen LogP contribution in [0.2, 0.25) is 0 Å². The molecule has 1 heterocycles. The summed E-state index contributed by atoms with van der Waals surface area (Å²) in [7, 11) is 0. The minimum absolute atomic E-state index is 0.0135. The predicted molar refractivity (Wildman–Crippen MR) is 80.8 cm³/mol. The molecular weight excluding hydrogens is 268 g/mol. The maximum absolute atomic E-state index is 12.3. The largest absolute Gasteiger partial charge is 0.458 e. The van der Waals surface area contributed by atoms with Crippen LogP contribution in [0.25, 0.3) is 0 Å². The minimum Gasteiger partial charge on any atom is -0.458 e. The Bertz CT molecular complexity index is 480. The molecule has 5 heteroatoms. The molecule has 116 valence electrons. The molecule has 0 saturated carbocycles. The number of carbonyl (C=O) groups excluding carboxylic acids is 2. The Kier molecular flexibility index (Phi) is 5.88. The molecule has 2 atom stereocenters. The van der Waals surface area contributed by atoms with Crippen LogP contribution in [-0.4, -0.2) is 28.5 Å². The van der Waals surface area contributed by atoms with Crippen molar-refractivity contribution in [2.75, 3.05) is 0 Å². The molecule has 21 heavy (non-hydrogen) atoms. The molecule has 1 aromatic heterocycles. The normalized spacial score (nSPS) is 14.1. The molecular formula is C16H24N2O3. The van der Waals surface area contributed by atoms with Crippen LogP contribution in [-0.2, 0) is 9.53 Å². The molecule has 1 N–H and O–H groups in total. The van der Waals surface area contributed by atoms with Gasteiger partial charge in [-0.2, -0.15) is 0 Å². The van der Waals surface area contributed by atoms with E-state index < -0.39 is 17.6 Å². The van der Waals surface area contributed by atoms with Gasteiger partial charge >= 0.3 is 5.97 Å². The second-order valence-corrected chi connectivity index (χ2v) is 6.11. The first-order valence-electron chi connectivity index (χ1n) is 7.18. The van der Waals surface area contributed by atoms with Crippen LogP contribution in [0.5, 0.6) is 0 Å². The molecule has 0 unspecified atom stereocenters. The molecule has 1 aromatic rings. The van der Waals surface area contributed by atoms with Crippen molar-refractivity contribution in [1.29, 1.82) is 0 Å². The Morgan fingerprint density at radius 3 is 2.52 bits per heavy atom. The Labute approximate surface area is 126 Å². The monoisotopic (exact) mass is 292 g/mol. The molecule has 0 aliphatic heterocycles. The minimum atomic E-state index is -0.665. The van der Waals surface area contributed by atoms with E-state index in [2.05, 4.69) is 10.3 Å². The number of aromatic nitrogens is 1. The number of nitrogens with one attached hydrogen (secondary N) is 1. The van der Waals surface area contributed by atoms with Crippen LogP contribution < -0.4 is 5.32 Å². The van der Waals surface area contributed by atoms with Gasteiger partial charge in [0.05, 0.1) is 5.56 Å². The first-order chi connectivity index (χ1) is 9.74. The maximum atomic E-state index is 12.3. The number of esters is 1. The predicted octanol–water partition coefficient (Wildman–Crippen LogP) is 2.57. The van der Waals surface area contributed by atoms with E-state index in [0.717, 1.165) is 6.42 Å². The summed E-state index contributed by atoms with van der Waals surface area (Å²) >= 11 is 0. The van der Waals surface area contributed by atoms with Crippen LogP contribution in [0.4, 0.5) is 0 Å². The van der Waals surface area contributed by atoms with Crippen molar-refractivity contribution in [3.8, 4) is 0 Å². The van der Waals surface area contributed by atoms with Crippen molar-refractivity contribution in [3.05, 3.63) is 30.1 Å². The van der Waals surface area contributed by atoms with Crippen molar-refractivity contribution >= 4 is 11.9 Å². The number of nitrogens with zero attached hydrogens (tertiary/aromatic N) is 1. The van der Waals surface area contributed by atoms with E-state index in [4.69, 9.17) is 4.74 Å². The fraction of sp³-hybridized carbons (Fsp3) is 0.562. The fourth-order valence-corrected chi connectivity index (χ4v) is 1.76. The van der Waals surface area contributed by atoms with Gasteiger partial charge in [-0.1, -0.05) is 20.3 Å². The van der Waals surface area contributed by atoms with E-state index in [-0.39, 0.29) is 11.8 Å². The van der Waals surface area contributed by atoms with Gasteiger partial charge in [-0.25, -0.2) is 4.79 Å². The van der Waals surface area contributed by atoms with E-state index >= 15 is 0 Å². The summed E-state index contributed by atoms with van der Waals surface area (Å²) in [6.07, 6.45) is 3.83. The molecule has 0 aliphatic carbocycles. The second-order valence-electron chi connectivity index (χ2n) is 6.11. The number of ether oxygens (including phenoxy) is 1. The van der Waals surface area contributed by atoms with Gasteiger partial charge in [0.2, 0.25) is 0 Å². The molecule has 0 radical (unpaired) electrons. The third-order valence-electron chi connectivity index (χ3n) is 3.08. The highest BCUT2D eigenvalue weighted by molar-refractivity contribution is 5.96. The average molecular weight is 292 g/mol. The Balaban J connectivity index is 2.84. The van der Waals surface area contributed by atoms with E-state index in [9.17, 15) is 9.59 Å². The number of rotatable bonds is 5. The quantitative estimate of drug-likeness (QED) is 0.847. The molecule has 1 amide bonds. The number of hydrogen-bond donors (Lipinski definition) is 1. The van der Waals surface area contributed by atoms with Gasteiger partial charge in [-0.15, -0.1) is 0 Å². The first-order valence-corrected chi connectivity index (χ1v) is 7.18. The van der Waals surface area contributed by atoms with Crippen LogP contribution >= 0.6 is 0 Å². The SMILES string of the molecule is CC[C@H](C)[C@H](NC(=O)c1cccnc1)C(=O)OC(C)(C)C. The summed E-state index contributed by atoms with van der Waals surface area (Å²) in [4.78, 5) is 28.4. The van der Waals surface area contributed by atoms with E-state index in [1.54, 1.807) is 18.3 Å². The average Bonchev–Trinajstić information content (AvgIpc) is 2.42. The molecule has 0 bridgehead atoms. The van der Waals surface area contributed by atoms with Gasteiger partial charge in [0.15, 0.2) is 0 Å². The maximum Gasteiger partial charge on any atom is 0.329 e. The second kappa shape index (κ2) is 7.20. The van der Waals surface area contributed by atoms with Crippen molar-refractivity contribution in [2.45, 2.75) is 52.7 Å². The van der Waals surface area contributed by atoms with Gasteiger partial charge in [0, 0.05) is 12.4 Å². The highest BCUT2D eigenvalue weighted by Gasteiger charge is 2.30. The summed E-state index contributed by atoms with van der Waals surface area (Å²) in [5.74, 6) is -0.742. The van der Waals surface area contributed by atoms with Crippen LogP contribution in [0.15, 0.2) is 24.5 Å². The number of carbonyl (C=O) groups is 2. The summed E-state index contributed by atoms with van der Waals surface area (Å²) in [6.45, 7) is 9.31. The standard InChI is InChI=1S/C16H24N2O3/c1-6-11(2)13(15(20)21-16(3,4)5)18-14(19)12-8-7-9-17-10-12/h7-11,13H,6H2,1-5H3,(H,18,19)/t11-,13-/m0/s1. The lowest BCUT2D eigenvalue weighted by Crippen LogP contribution is -2.47. The lowest BCUT2D eigenvalue weighted by molar-refractivity contribution is -0.158. The summed E-state index contributed by atoms with van der Waals surface area (Å²) in [6, 6.07) is 2.67. The molecule has 0 aliphatic rings. The summed E-state index contributed by atoms with van der Waals surface area (Å²) in [5.41, 5.74) is -0.156. The van der Waals surface area contributed by atoms with Crippen LogP contribution in [0, 0.1) is 5.92 Å². The van der Waals surface area contributed by atoms with Gasteiger partial charge in [0.1, 0.15) is 11.6 Å². The van der Waals surface area contributed by atoms with E-state index in [1.807, 2.05) is 34.6 Å². The van der Waals surface area contributed by atoms with Crippen molar-refractivity contribution in [1.82, 2.24) is 10.3 Å². The zero-order valence-corrected chi connectivity index (χ0v) is 13.3. The Morgan fingerprint density at radius 1 is 1.38 bits per heavy atom. The van der Waals surface area contributed by atoms with Crippen molar-refractivity contribution in [2.24, 2.45) is 5.92 Å². The molecule has 0 saturated heterocycles. The highest BCUT2D eigenvalue weighted by atomic mass is 16.6. The van der Waals surface area contributed by atoms with Gasteiger partial charge in [-0.05, 0) is 38.8 Å². The highest BCUT2D eigenvalue weighted by Crippen LogP contribution is 2.15. The molecule has 0 aromatic carbocycles. The van der Waals surface area contributed by atoms with Crippen molar-refractivity contribution < 1.29 is 14.3 Å². The van der Waals surface area contributed by atoms with Crippen LogP contribution in [0.1, 0.15) is 51.4 Å². The fourth-order valence-electron chi connectivity index (χ4n) is 1.76. The zero-order valence-electron chi connectivity index (χ0n) is 13.3. The van der Waals surface area contributed by atoms with Gasteiger partial charge < -0.3 is 10.1 Å². The van der Waals surface area contributed by atoms with E-state index in [0.29, 0.717) is 5.56 Å². The number of hydrogen-bond acceptors (Lipinski definition) is 4. The topological polar surface area (TPSA) is 68.3 Å². The molecule has 1 rings (SSSR count). The third-order valence-corrected chi connectivity index (χ3v) is 3.08. The van der Waals surface area contributed by atoms with Crippen molar-refractivity contribution in [3.63, 3.8) is 0 Å². The molecule has 0 fully saturated rings. The molecule has 5 nitrogen and oxygen atoms in total. The van der Waals surface area contributed by atoms with Crippen LogP contribution in [0.3, 0.4) is 0 Å². The Hall–Kier alpha value is -1.91. The van der Waals surface area contributed by atoms with Gasteiger partial charge in [-0.3, -0.25) is 9.78 Å². The Morgan fingerprint density at radius 2 is 2.05 bits per heavy atom. The lowest BCUT2D eigenvalue weighted by Gasteiger charge is -2.27. The van der Waals surface area contributed by atoms with E-state index in [1.165, 1.54) is 6.20 Å². The van der Waals surface area contributed by atoms with Gasteiger partial charge in [0.25, 0.3) is 5.91 Å². The smallest absolute Gasteiger partial charge is 0.329 e. The summed E-state index contributed by atoms with van der Waals surface area (Å²) < 4.78 is 5.39. The summed E-state index contributed by atoms with van der Waals surface area (Å²) in [5, 5.41) is 2.75. The third kappa shape index (κ3) is 5.53. The number of amides is 1. The number of pyridine rings is 1. The zero-order chi connectivity index (χ0) is 16.0.